The van der Waals surface area contributed by atoms with E-state index in [-0.39, 0.29) is 11.2 Å². The molecule has 2 heterocycles. The molecule has 98 valence electrons. The first-order valence-electron chi connectivity index (χ1n) is 5.87. The maximum atomic E-state index is 11.5. The van der Waals surface area contributed by atoms with E-state index in [1.54, 1.807) is 18.6 Å². The van der Waals surface area contributed by atoms with Crippen LogP contribution in [0.1, 0.15) is 27.7 Å². The summed E-state index contributed by atoms with van der Waals surface area (Å²) >= 11 is 0. The van der Waals surface area contributed by atoms with E-state index in [1.807, 2.05) is 33.8 Å². The fourth-order valence-corrected chi connectivity index (χ4v) is 2.21. The highest BCUT2D eigenvalue weighted by molar-refractivity contribution is 7.84. The molecule has 18 heavy (non-hydrogen) atoms. The summed E-state index contributed by atoms with van der Waals surface area (Å²) in [6.45, 7) is 8.01. The molecule has 0 N–H and O–H groups in total. The van der Waals surface area contributed by atoms with Crippen LogP contribution in [-0.2, 0) is 20.1 Å². The molecule has 1 fully saturated rings. The van der Waals surface area contributed by atoms with E-state index in [4.69, 9.17) is 9.31 Å². The van der Waals surface area contributed by atoms with E-state index in [9.17, 15) is 4.21 Å². The lowest BCUT2D eigenvalue weighted by Crippen LogP contribution is -2.41. The Hall–Kier alpha value is -0.715. The Morgan fingerprint density at radius 2 is 1.72 bits per heavy atom. The average Bonchev–Trinajstić information content (AvgIpc) is 2.48. The number of pyridine rings is 1. The number of rotatable bonds is 2. The summed E-state index contributed by atoms with van der Waals surface area (Å²) < 4.78 is 23.3. The van der Waals surface area contributed by atoms with Crippen LogP contribution < -0.4 is 5.46 Å². The van der Waals surface area contributed by atoms with Crippen LogP contribution in [0.15, 0.2) is 23.4 Å². The second-order valence-electron chi connectivity index (χ2n) is 5.50. The molecular formula is C12H18BNO3S. The molecule has 0 spiro atoms. The molecule has 2 rings (SSSR count). The fourth-order valence-electron chi connectivity index (χ4n) is 1.70. The molecule has 1 atom stereocenters. The number of hydrogen-bond donors (Lipinski definition) is 0. The van der Waals surface area contributed by atoms with Crippen molar-refractivity contribution in [1.82, 2.24) is 4.98 Å². The van der Waals surface area contributed by atoms with Crippen LogP contribution in [0.2, 0.25) is 0 Å². The van der Waals surface area contributed by atoms with E-state index in [2.05, 4.69) is 4.98 Å². The van der Waals surface area contributed by atoms with Crippen molar-refractivity contribution >= 4 is 23.4 Å². The minimum Gasteiger partial charge on any atom is -0.399 e. The second-order valence-corrected chi connectivity index (χ2v) is 6.88. The third-order valence-corrected chi connectivity index (χ3v) is 4.48. The zero-order chi connectivity index (χ0) is 13.6. The van der Waals surface area contributed by atoms with E-state index in [1.165, 1.54) is 0 Å². The molecule has 1 saturated heterocycles. The Morgan fingerprint density at radius 3 is 2.22 bits per heavy atom. The Balaban J connectivity index is 2.30. The minimum absolute atomic E-state index is 0.376. The standard InChI is InChI=1S/C12H18BNO3S/c1-11(2)12(3,4)17-13(16-11)9-6-10(18(5)15)8-14-7-9/h6-8H,1-5H3. The molecule has 0 saturated carbocycles. The third kappa shape index (κ3) is 2.37. The normalized spacial score (nSPS) is 23.1. The zero-order valence-corrected chi connectivity index (χ0v) is 12.2. The molecule has 0 aliphatic carbocycles. The van der Waals surface area contributed by atoms with Gasteiger partial charge in [-0.05, 0) is 33.8 Å². The van der Waals surface area contributed by atoms with Gasteiger partial charge in [0.1, 0.15) is 0 Å². The van der Waals surface area contributed by atoms with Crippen LogP contribution in [0.3, 0.4) is 0 Å². The molecule has 1 aromatic rings. The highest BCUT2D eigenvalue weighted by Crippen LogP contribution is 2.36. The molecule has 0 bridgehead atoms. The van der Waals surface area contributed by atoms with Crippen molar-refractivity contribution in [1.29, 1.82) is 0 Å². The van der Waals surface area contributed by atoms with Crippen molar-refractivity contribution in [3.8, 4) is 0 Å². The van der Waals surface area contributed by atoms with Gasteiger partial charge in [0.2, 0.25) is 0 Å². The van der Waals surface area contributed by atoms with Gasteiger partial charge >= 0.3 is 7.12 Å². The van der Waals surface area contributed by atoms with Crippen LogP contribution in [-0.4, -0.2) is 33.8 Å². The van der Waals surface area contributed by atoms with Crippen LogP contribution >= 0.6 is 0 Å². The van der Waals surface area contributed by atoms with E-state index in [0.717, 1.165) is 5.46 Å². The summed E-state index contributed by atoms with van der Waals surface area (Å²) in [5.74, 6) is 0. The van der Waals surface area contributed by atoms with Crippen LogP contribution in [0, 0.1) is 0 Å². The van der Waals surface area contributed by atoms with Gasteiger partial charge < -0.3 is 9.31 Å². The van der Waals surface area contributed by atoms with Crippen molar-refractivity contribution in [3.05, 3.63) is 18.5 Å². The summed E-state index contributed by atoms with van der Waals surface area (Å²) in [7, 11) is -1.50. The summed E-state index contributed by atoms with van der Waals surface area (Å²) in [6.07, 6.45) is 4.92. The molecule has 0 amide bonds. The fraction of sp³-hybridized carbons (Fsp3) is 0.583. The topological polar surface area (TPSA) is 48.4 Å². The first-order valence-corrected chi connectivity index (χ1v) is 7.43. The smallest absolute Gasteiger partial charge is 0.399 e. The Kier molecular flexibility index (Phi) is 3.38. The van der Waals surface area contributed by atoms with E-state index in [0.29, 0.717) is 4.90 Å². The lowest BCUT2D eigenvalue weighted by atomic mass is 9.80. The largest absolute Gasteiger partial charge is 0.496 e. The van der Waals surface area contributed by atoms with Gasteiger partial charge in [-0.25, -0.2) is 0 Å². The van der Waals surface area contributed by atoms with Gasteiger partial charge in [0.05, 0.1) is 26.9 Å². The summed E-state index contributed by atoms with van der Waals surface area (Å²) in [5.41, 5.74) is 0.0549. The van der Waals surface area contributed by atoms with Crippen LogP contribution in [0.4, 0.5) is 0 Å². The van der Waals surface area contributed by atoms with Crippen molar-refractivity contribution in [2.45, 2.75) is 43.8 Å². The van der Waals surface area contributed by atoms with Gasteiger partial charge in [-0.3, -0.25) is 9.19 Å². The minimum atomic E-state index is -1.05. The van der Waals surface area contributed by atoms with Crippen LogP contribution in [0.25, 0.3) is 0 Å². The van der Waals surface area contributed by atoms with Crippen molar-refractivity contribution in [2.75, 3.05) is 6.26 Å². The third-order valence-electron chi connectivity index (χ3n) is 3.59. The first-order chi connectivity index (χ1) is 8.23. The van der Waals surface area contributed by atoms with Gasteiger partial charge in [-0.2, -0.15) is 0 Å². The molecule has 6 heteroatoms. The highest BCUT2D eigenvalue weighted by Gasteiger charge is 2.51. The molecule has 1 aliphatic heterocycles. The summed E-state index contributed by atoms with van der Waals surface area (Å²) in [5, 5.41) is 0. The van der Waals surface area contributed by atoms with Crippen LogP contribution in [0.5, 0.6) is 0 Å². The number of nitrogens with zero attached hydrogens (tertiary/aromatic N) is 1. The van der Waals surface area contributed by atoms with Gasteiger partial charge in [0.25, 0.3) is 0 Å². The molecule has 0 aromatic carbocycles. The molecule has 1 unspecified atom stereocenters. The van der Waals surface area contributed by atoms with Gasteiger partial charge in [0.15, 0.2) is 0 Å². The molecule has 1 aliphatic rings. The maximum Gasteiger partial charge on any atom is 0.496 e. The molecule has 1 aromatic heterocycles. The van der Waals surface area contributed by atoms with Gasteiger partial charge in [0, 0.05) is 24.1 Å². The SMILES string of the molecule is CS(=O)c1cncc(B2OC(C)(C)C(C)(C)O2)c1. The predicted molar refractivity (Wildman–Crippen MR) is 72.3 cm³/mol. The highest BCUT2D eigenvalue weighted by atomic mass is 32.2. The maximum absolute atomic E-state index is 11.5. The van der Waals surface area contributed by atoms with Crippen molar-refractivity contribution < 1.29 is 13.5 Å². The van der Waals surface area contributed by atoms with Crippen molar-refractivity contribution in [3.63, 3.8) is 0 Å². The average molecular weight is 267 g/mol. The Labute approximate surface area is 111 Å². The molecule has 4 nitrogen and oxygen atoms in total. The predicted octanol–water partition coefficient (Wildman–Crippen LogP) is 1.12. The Morgan fingerprint density at radius 1 is 1.17 bits per heavy atom. The first kappa shape index (κ1) is 13.7. The second kappa shape index (κ2) is 4.44. The quantitative estimate of drug-likeness (QED) is 0.753. The van der Waals surface area contributed by atoms with E-state index >= 15 is 0 Å². The summed E-state index contributed by atoms with van der Waals surface area (Å²) in [6, 6.07) is 1.82. The van der Waals surface area contributed by atoms with Gasteiger partial charge in [-0.1, -0.05) is 0 Å². The van der Waals surface area contributed by atoms with Gasteiger partial charge in [-0.15, -0.1) is 0 Å². The number of hydrogen-bond acceptors (Lipinski definition) is 4. The van der Waals surface area contributed by atoms with Crippen molar-refractivity contribution in [2.24, 2.45) is 0 Å². The molecule has 0 radical (unpaired) electrons. The van der Waals surface area contributed by atoms with E-state index < -0.39 is 17.9 Å². The zero-order valence-electron chi connectivity index (χ0n) is 11.4. The lowest BCUT2D eigenvalue weighted by molar-refractivity contribution is 0.00578. The lowest BCUT2D eigenvalue weighted by Gasteiger charge is -2.32. The monoisotopic (exact) mass is 267 g/mol. The molecular weight excluding hydrogens is 249 g/mol. The number of aromatic nitrogens is 1. The Bertz CT molecular complexity index is 474. The summed E-state index contributed by atoms with van der Waals surface area (Å²) in [4.78, 5) is 4.78.